The summed E-state index contributed by atoms with van der Waals surface area (Å²) in [5, 5.41) is 9.53. The molecule has 0 radical (unpaired) electrons. The third-order valence-electron chi connectivity index (χ3n) is 2.38. The van der Waals surface area contributed by atoms with E-state index >= 15 is 0 Å². The predicted octanol–water partition coefficient (Wildman–Crippen LogP) is 2.93. The molecule has 2 aromatic rings. The summed E-state index contributed by atoms with van der Waals surface area (Å²) in [6.45, 7) is 5.08. The molecule has 0 spiro atoms. The summed E-state index contributed by atoms with van der Waals surface area (Å²) in [7, 11) is 0. The highest BCUT2D eigenvalue weighted by atomic mass is 32.1. The number of thiazole rings is 1. The average Bonchev–Trinajstić information content (AvgIpc) is 2.91. The molecule has 1 atom stereocenters. The minimum atomic E-state index is 0.140. The van der Waals surface area contributed by atoms with Crippen LogP contribution >= 0.6 is 11.3 Å². The van der Waals surface area contributed by atoms with Crippen molar-refractivity contribution in [2.24, 2.45) is 0 Å². The SMILES string of the molecule is CCCNc1cncc(NC(C)c2nccs2)n1. The van der Waals surface area contributed by atoms with Gasteiger partial charge in [0.15, 0.2) is 0 Å². The van der Waals surface area contributed by atoms with Gasteiger partial charge in [0, 0.05) is 18.1 Å². The smallest absolute Gasteiger partial charge is 0.147 e. The van der Waals surface area contributed by atoms with Gasteiger partial charge in [-0.3, -0.25) is 4.98 Å². The number of nitrogens with zero attached hydrogens (tertiary/aromatic N) is 3. The van der Waals surface area contributed by atoms with Crippen molar-refractivity contribution in [2.45, 2.75) is 26.3 Å². The zero-order valence-electron chi connectivity index (χ0n) is 10.6. The van der Waals surface area contributed by atoms with E-state index in [0.29, 0.717) is 0 Å². The van der Waals surface area contributed by atoms with E-state index in [0.717, 1.165) is 29.6 Å². The third kappa shape index (κ3) is 3.40. The summed E-state index contributed by atoms with van der Waals surface area (Å²) in [5.74, 6) is 1.56. The zero-order valence-corrected chi connectivity index (χ0v) is 11.4. The van der Waals surface area contributed by atoms with Crippen LogP contribution in [0.5, 0.6) is 0 Å². The Labute approximate surface area is 111 Å². The van der Waals surface area contributed by atoms with Crippen LogP contribution in [0, 0.1) is 0 Å². The van der Waals surface area contributed by atoms with Gasteiger partial charge in [-0.1, -0.05) is 6.92 Å². The lowest BCUT2D eigenvalue weighted by atomic mass is 10.3. The van der Waals surface area contributed by atoms with Crippen LogP contribution in [-0.4, -0.2) is 21.5 Å². The van der Waals surface area contributed by atoms with Gasteiger partial charge < -0.3 is 10.6 Å². The molecule has 0 saturated carbocycles. The van der Waals surface area contributed by atoms with Gasteiger partial charge in [-0.2, -0.15) is 0 Å². The van der Waals surface area contributed by atoms with Crippen molar-refractivity contribution in [1.29, 1.82) is 0 Å². The summed E-state index contributed by atoms with van der Waals surface area (Å²) in [6, 6.07) is 0.140. The van der Waals surface area contributed by atoms with Crippen molar-refractivity contribution < 1.29 is 0 Å². The molecule has 2 N–H and O–H groups in total. The summed E-state index contributed by atoms with van der Waals surface area (Å²) < 4.78 is 0. The molecule has 0 bridgehead atoms. The fourth-order valence-electron chi connectivity index (χ4n) is 1.51. The Morgan fingerprint density at radius 2 is 2.17 bits per heavy atom. The van der Waals surface area contributed by atoms with E-state index in [1.54, 1.807) is 23.7 Å². The van der Waals surface area contributed by atoms with Crippen molar-refractivity contribution in [3.63, 3.8) is 0 Å². The molecule has 0 aliphatic heterocycles. The quantitative estimate of drug-likeness (QED) is 0.839. The van der Waals surface area contributed by atoms with Crippen molar-refractivity contribution in [3.8, 4) is 0 Å². The molecule has 0 amide bonds. The molecule has 0 saturated heterocycles. The van der Waals surface area contributed by atoms with Crippen LogP contribution < -0.4 is 10.6 Å². The van der Waals surface area contributed by atoms with E-state index in [1.807, 2.05) is 11.6 Å². The topological polar surface area (TPSA) is 62.7 Å². The molecular weight excluding hydrogens is 246 g/mol. The molecule has 6 heteroatoms. The minimum Gasteiger partial charge on any atom is -0.369 e. The Hall–Kier alpha value is -1.69. The Bertz CT molecular complexity index is 471. The van der Waals surface area contributed by atoms with Gasteiger partial charge in [0.1, 0.15) is 16.6 Å². The van der Waals surface area contributed by atoms with Gasteiger partial charge >= 0.3 is 0 Å². The Balaban J connectivity index is 2.00. The molecule has 96 valence electrons. The van der Waals surface area contributed by atoms with Crippen molar-refractivity contribution in [3.05, 3.63) is 29.0 Å². The standard InChI is InChI=1S/C12H17N5S/c1-3-4-14-10-7-13-8-11(17-10)16-9(2)12-15-5-6-18-12/h5-9H,3-4H2,1-2H3,(H2,14,16,17). The fraction of sp³-hybridized carbons (Fsp3) is 0.417. The number of hydrogen-bond acceptors (Lipinski definition) is 6. The summed E-state index contributed by atoms with van der Waals surface area (Å²) in [6.07, 6.45) is 6.33. The second-order valence-corrected chi connectivity index (χ2v) is 4.88. The Kier molecular flexibility index (Phi) is 4.46. The molecule has 18 heavy (non-hydrogen) atoms. The van der Waals surface area contributed by atoms with E-state index in [2.05, 4.69) is 39.4 Å². The second-order valence-electron chi connectivity index (χ2n) is 3.95. The lowest BCUT2D eigenvalue weighted by Gasteiger charge is -2.12. The van der Waals surface area contributed by atoms with Gasteiger partial charge in [-0.15, -0.1) is 11.3 Å². The normalized spacial score (nSPS) is 12.1. The first-order valence-electron chi connectivity index (χ1n) is 6.01. The largest absolute Gasteiger partial charge is 0.369 e. The highest BCUT2D eigenvalue weighted by Crippen LogP contribution is 2.19. The molecule has 1 unspecified atom stereocenters. The number of hydrogen-bond donors (Lipinski definition) is 2. The highest BCUT2D eigenvalue weighted by molar-refractivity contribution is 7.09. The van der Waals surface area contributed by atoms with Gasteiger partial charge in [0.2, 0.25) is 0 Å². The zero-order chi connectivity index (χ0) is 12.8. The molecule has 2 heterocycles. The van der Waals surface area contributed by atoms with Crippen LogP contribution in [-0.2, 0) is 0 Å². The predicted molar refractivity (Wildman–Crippen MR) is 75.0 cm³/mol. The maximum absolute atomic E-state index is 4.45. The lowest BCUT2D eigenvalue weighted by molar-refractivity contribution is 0.857. The number of anilines is 2. The van der Waals surface area contributed by atoms with Crippen LogP contribution in [0.15, 0.2) is 24.0 Å². The van der Waals surface area contributed by atoms with Gasteiger partial charge in [0.05, 0.1) is 18.4 Å². The highest BCUT2D eigenvalue weighted by Gasteiger charge is 2.08. The molecule has 0 aliphatic carbocycles. The minimum absolute atomic E-state index is 0.140. The molecule has 0 aromatic carbocycles. The molecular formula is C12H17N5S. The lowest BCUT2D eigenvalue weighted by Crippen LogP contribution is -2.09. The second kappa shape index (κ2) is 6.30. The number of nitrogens with one attached hydrogen (secondary N) is 2. The number of rotatable bonds is 6. The maximum atomic E-state index is 4.45. The van der Waals surface area contributed by atoms with Crippen molar-refractivity contribution in [2.75, 3.05) is 17.2 Å². The van der Waals surface area contributed by atoms with Crippen LogP contribution in [0.4, 0.5) is 11.6 Å². The monoisotopic (exact) mass is 263 g/mol. The van der Waals surface area contributed by atoms with Gasteiger partial charge in [-0.25, -0.2) is 9.97 Å². The van der Waals surface area contributed by atoms with E-state index in [4.69, 9.17) is 0 Å². The molecule has 0 aliphatic rings. The Morgan fingerprint density at radius 3 is 2.89 bits per heavy atom. The van der Waals surface area contributed by atoms with Crippen molar-refractivity contribution in [1.82, 2.24) is 15.0 Å². The summed E-state index contributed by atoms with van der Waals surface area (Å²) in [5.41, 5.74) is 0. The fourth-order valence-corrected chi connectivity index (χ4v) is 2.15. The summed E-state index contributed by atoms with van der Waals surface area (Å²) in [4.78, 5) is 12.9. The van der Waals surface area contributed by atoms with Crippen molar-refractivity contribution >= 4 is 23.0 Å². The molecule has 2 rings (SSSR count). The molecule has 5 nitrogen and oxygen atoms in total. The van der Waals surface area contributed by atoms with E-state index in [-0.39, 0.29) is 6.04 Å². The van der Waals surface area contributed by atoms with Gasteiger partial charge in [-0.05, 0) is 13.3 Å². The first-order chi connectivity index (χ1) is 8.79. The van der Waals surface area contributed by atoms with Crippen LogP contribution in [0.25, 0.3) is 0 Å². The van der Waals surface area contributed by atoms with Crippen LogP contribution in [0.3, 0.4) is 0 Å². The first kappa shape index (κ1) is 12.8. The average molecular weight is 263 g/mol. The molecule has 2 aromatic heterocycles. The van der Waals surface area contributed by atoms with E-state index in [9.17, 15) is 0 Å². The molecule has 0 fully saturated rings. The third-order valence-corrected chi connectivity index (χ3v) is 3.34. The number of aromatic nitrogens is 3. The maximum Gasteiger partial charge on any atom is 0.147 e. The van der Waals surface area contributed by atoms with Crippen LogP contribution in [0.1, 0.15) is 31.3 Å². The van der Waals surface area contributed by atoms with E-state index in [1.165, 1.54) is 0 Å². The van der Waals surface area contributed by atoms with Gasteiger partial charge in [0.25, 0.3) is 0 Å². The van der Waals surface area contributed by atoms with E-state index < -0.39 is 0 Å². The summed E-state index contributed by atoms with van der Waals surface area (Å²) >= 11 is 1.63. The first-order valence-corrected chi connectivity index (χ1v) is 6.89. The van der Waals surface area contributed by atoms with Crippen LogP contribution in [0.2, 0.25) is 0 Å². The Morgan fingerprint density at radius 1 is 1.33 bits per heavy atom.